The highest BCUT2D eigenvalue weighted by molar-refractivity contribution is 9.08. The summed E-state index contributed by atoms with van der Waals surface area (Å²) in [5.74, 6) is 2.62. The number of benzene rings is 2. The predicted octanol–water partition coefficient (Wildman–Crippen LogP) is 4.76. The number of alkyl halides is 1. The molecule has 2 nitrogen and oxygen atoms in total. The Hall–Kier alpha value is -1.13. The average molecular weight is 353 g/mol. The highest BCUT2D eigenvalue weighted by atomic mass is 79.9. The zero-order valence-corrected chi connectivity index (χ0v) is 13.7. The lowest BCUT2D eigenvalue weighted by atomic mass is 10.2. The van der Waals surface area contributed by atoms with E-state index in [9.17, 15) is 0 Å². The predicted molar refractivity (Wildman–Crippen MR) is 88.3 cm³/mol. The Balaban J connectivity index is 1.87. The number of halogens is 1. The molecule has 0 bridgehead atoms. The number of hydrogen-bond acceptors (Lipinski definition) is 3. The minimum absolute atomic E-state index is 0.673. The van der Waals surface area contributed by atoms with Gasteiger partial charge in [-0.15, -0.1) is 11.8 Å². The molecule has 0 amide bonds. The number of ether oxygens (including phenoxy) is 2. The van der Waals surface area contributed by atoms with Crippen molar-refractivity contribution in [2.45, 2.75) is 10.2 Å². The van der Waals surface area contributed by atoms with Crippen molar-refractivity contribution < 1.29 is 9.47 Å². The topological polar surface area (TPSA) is 18.5 Å². The first-order valence-corrected chi connectivity index (χ1v) is 8.47. The van der Waals surface area contributed by atoms with Gasteiger partial charge in [-0.25, -0.2) is 0 Å². The Kier molecular flexibility index (Phi) is 6.27. The molecule has 0 aliphatic rings. The third kappa shape index (κ3) is 4.46. The molecule has 0 spiro atoms. The van der Waals surface area contributed by atoms with Crippen LogP contribution in [-0.2, 0) is 5.33 Å². The first-order chi connectivity index (χ1) is 9.83. The van der Waals surface area contributed by atoms with Crippen LogP contribution in [0.2, 0.25) is 0 Å². The molecule has 0 aliphatic carbocycles. The van der Waals surface area contributed by atoms with Crippen molar-refractivity contribution >= 4 is 27.7 Å². The molecule has 0 aromatic heterocycles. The summed E-state index contributed by atoms with van der Waals surface area (Å²) in [4.78, 5) is 1.27. The van der Waals surface area contributed by atoms with E-state index in [0.29, 0.717) is 6.61 Å². The van der Waals surface area contributed by atoms with Gasteiger partial charge in [0.2, 0.25) is 0 Å². The Morgan fingerprint density at radius 2 is 1.90 bits per heavy atom. The van der Waals surface area contributed by atoms with Crippen LogP contribution in [0.4, 0.5) is 0 Å². The van der Waals surface area contributed by atoms with Gasteiger partial charge < -0.3 is 9.47 Å². The first kappa shape index (κ1) is 15.3. The summed E-state index contributed by atoms with van der Waals surface area (Å²) in [5, 5.41) is 0.776. The molecule has 2 rings (SSSR count). The summed E-state index contributed by atoms with van der Waals surface area (Å²) in [5.41, 5.74) is 1.13. The van der Waals surface area contributed by atoms with Crippen LogP contribution < -0.4 is 9.47 Å². The van der Waals surface area contributed by atoms with E-state index in [0.717, 1.165) is 28.1 Å². The third-order valence-corrected chi connectivity index (χ3v) is 4.35. The SMILES string of the molecule is COc1ccc(CBr)c(OCCSc2ccccc2)c1. The second-order valence-corrected chi connectivity index (χ2v) is 5.85. The lowest BCUT2D eigenvalue weighted by molar-refractivity contribution is 0.337. The van der Waals surface area contributed by atoms with Gasteiger partial charge in [-0.2, -0.15) is 0 Å². The Bertz CT molecular complexity index is 531. The fourth-order valence-electron chi connectivity index (χ4n) is 1.73. The highest BCUT2D eigenvalue weighted by Crippen LogP contribution is 2.27. The van der Waals surface area contributed by atoms with Crippen LogP contribution >= 0.6 is 27.7 Å². The fourth-order valence-corrected chi connectivity index (χ4v) is 2.95. The van der Waals surface area contributed by atoms with Gasteiger partial charge in [0.15, 0.2) is 0 Å². The molecule has 0 atom stereocenters. The zero-order valence-electron chi connectivity index (χ0n) is 11.3. The summed E-state index contributed by atoms with van der Waals surface area (Å²) in [6, 6.07) is 16.3. The lowest BCUT2D eigenvalue weighted by Gasteiger charge is -2.11. The normalized spacial score (nSPS) is 10.3. The summed E-state index contributed by atoms with van der Waals surface area (Å²) in [7, 11) is 1.66. The lowest BCUT2D eigenvalue weighted by Crippen LogP contribution is -2.02. The van der Waals surface area contributed by atoms with Crippen LogP contribution in [0.3, 0.4) is 0 Å². The Morgan fingerprint density at radius 1 is 1.10 bits per heavy atom. The standard InChI is InChI=1S/C16H17BrO2S/c1-18-14-8-7-13(12-17)16(11-14)19-9-10-20-15-5-3-2-4-6-15/h2-8,11H,9-10,12H2,1H3. The van der Waals surface area contributed by atoms with Crippen LogP contribution in [-0.4, -0.2) is 19.5 Å². The van der Waals surface area contributed by atoms with Crippen molar-refractivity contribution in [1.29, 1.82) is 0 Å². The number of methoxy groups -OCH3 is 1. The molecule has 0 N–H and O–H groups in total. The molecule has 106 valence electrons. The van der Waals surface area contributed by atoms with E-state index in [-0.39, 0.29) is 0 Å². The Morgan fingerprint density at radius 3 is 2.60 bits per heavy atom. The van der Waals surface area contributed by atoms with Crippen LogP contribution in [0.1, 0.15) is 5.56 Å². The second-order valence-electron chi connectivity index (χ2n) is 4.12. The first-order valence-electron chi connectivity index (χ1n) is 6.37. The molecule has 0 fully saturated rings. The van der Waals surface area contributed by atoms with Crippen molar-refractivity contribution in [2.24, 2.45) is 0 Å². The van der Waals surface area contributed by atoms with Crippen molar-refractivity contribution in [1.82, 2.24) is 0 Å². The number of hydrogen-bond donors (Lipinski definition) is 0. The molecule has 20 heavy (non-hydrogen) atoms. The summed E-state index contributed by atoms with van der Waals surface area (Å²) < 4.78 is 11.1. The van der Waals surface area contributed by atoms with Gasteiger partial charge in [0, 0.05) is 27.6 Å². The van der Waals surface area contributed by atoms with Crippen molar-refractivity contribution in [3.05, 3.63) is 54.1 Å². The van der Waals surface area contributed by atoms with E-state index in [1.165, 1.54) is 4.90 Å². The second kappa shape index (κ2) is 8.22. The zero-order chi connectivity index (χ0) is 14.2. The van der Waals surface area contributed by atoms with Gasteiger partial charge in [0.05, 0.1) is 13.7 Å². The van der Waals surface area contributed by atoms with Crippen LogP contribution in [0, 0.1) is 0 Å². The molecule has 2 aromatic carbocycles. The van der Waals surface area contributed by atoms with E-state index < -0.39 is 0 Å². The van der Waals surface area contributed by atoms with E-state index >= 15 is 0 Å². The fraction of sp³-hybridized carbons (Fsp3) is 0.250. The molecular formula is C16H17BrO2S. The largest absolute Gasteiger partial charge is 0.497 e. The maximum Gasteiger partial charge on any atom is 0.127 e. The van der Waals surface area contributed by atoms with Gasteiger partial charge in [-0.05, 0) is 18.2 Å². The van der Waals surface area contributed by atoms with Crippen LogP contribution in [0.5, 0.6) is 11.5 Å². The summed E-state index contributed by atoms with van der Waals surface area (Å²) in [6.45, 7) is 0.673. The molecule has 4 heteroatoms. The summed E-state index contributed by atoms with van der Waals surface area (Å²) >= 11 is 5.27. The molecule has 2 aromatic rings. The molecule has 0 saturated heterocycles. The van der Waals surface area contributed by atoms with Crippen molar-refractivity contribution in [3.63, 3.8) is 0 Å². The van der Waals surface area contributed by atoms with E-state index in [4.69, 9.17) is 9.47 Å². The monoisotopic (exact) mass is 352 g/mol. The molecule has 0 radical (unpaired) electrons. The minimum Gasteiger partial charge on any atom is -0.497 e. The maximum absolute atomic E-state index is 5.86. The van der Waals surface area contributed by atoms with E-state index in [1.54, 1.807) is 18.9 Å². The van der Waals surface area contributed by atoms with Gasteiger partial charge in [0.25, 0.3) is 0 Å². The van der Waals surface area contributed by atoms with Crippen LogP contribution in [0.15, 0.2) is 53.4 Å². The Labute approximate surface area is 132 Å². The average Bonchev–Trinajstić information content (AvgIpc) is 2.52. The third-order valence-electron chi connectivity index (χ3n) is 2.77. The van der Waals surface area contributed by atoms with Gasteiger partial charge >= 0.3 is 0 Å². The smallest absolute Gasteiger partial charge is 0.127 e. The molecule has 0 saturated carbocycles. The number of rotatable bonds is 7. The molecule has 0 heterocycles. The minimum atomic E-state index is 0.673. The number of thioether (sulfide) groups is 1. The summed E-state index contributed by atoms with van der Waals surface area (Å²) in [6.07, 6.45) is 0. The van der Waals surface area contributed by atoms with E-state index in [1.807, 2.05) is 36.4 Å². The highest BCUT2D eigenvalue weighted by Gasteiger charge is 2.05. The quantitative estimate of drug-likeness (QED) is 0.406. The maximum atomic E-state index is 5.86. The van der Waals surface area contributed by atoms with Gasteiger partial charge in [-0.1, -0.05) is 40.2 Å². The van der Waals surface area contributed by atoms with Crippen LogP contribution in [0.25, 0.3) is 0 Å². The molecule has 0 unspecified atom stereocenters. The van der Waals surface area contributed by atoms with Crippen molar-refractivity contribution in [2.75, 3.05) is 19.5 Å². The molecule has 0 aliphatic heterocycles. The van der Waals surface area contributed by atoms with Crippen molar-refractivity contribution in [3.8, 4) is 11.5 Å². The van der Waals surface area contributed by atoms with E-state index in [2.05, 4.69) is 28.1 Å². The van der Waals surface area contributed by atoms with Gasteiger partial charge in [0.1, 0.15) is 11.5 Å². The molecular weight excluding hydrogens is 336 g/mol. The van der Waals surface area contributed by atoms with Gasteiger partial charge in [-0.3, -0.25) is 0 Å².